The van der Waals surface area contributed by atoms with Crippen LogP contribution < -0.4 is 19.1 Å². The van der Waals surface area contributed by atoms with Crippen molar-refractivity contribution in [2.45, 2.75) is 17.9 Å². The molecule has 0 bridgehead atoms. The van der Waals surface area contributed by atoms with Gasteiger partial charge < -0.3 is 9.47 Å². The van der Waals surface area contributed by atoms with Crippen LogP contribution >= 0.6 is 11.3 Å². The molecule has 0 aliphatic carbocycles. The van der Waals surface area contributed by atoms with Gasteiger partial charge in [-0.25, -0.2) is 13.1 Å². The fraction of sp³-hybridized carbons (Fsp3) is 0.208. The summed E-state index contributed by atoms with van der Waals surface area (Å²) in [5.41, 5.74) is 2.65. The predicted molar refractivity (Wildman–Crippen MR) is 130 cm³/mol. The van der Waals surface area contributed by atoms with E-state index < -0.39 is 10.0 Å². The van der Waals surface area contributed by atoms with E-state index in [1.54, 1.807) is 37.0 Å². The zero-order valence-electron chi connectivity index (χ0n) is 18.3. The summed E-state index contributed by atoms with van der Waals surface area (Å²) >= 11 is 1.05. The lowest BCUT2D eigenvalue weighted by atomic mass is 10.1. The maximum atomic E-state index is 12.8. The molecule has 1 N–H and O–H groups in total. The highest BCUT2D eigenvalue weighted by Gasteiger charge is 2.17. The molecular formula is C24H24N2O5S2. The summed E-state index contributed by atoms with van der Waals surface area (Å²) in [7, 11) is -0.601. The normalized spacial score (nSPS) is 11.6. The average Bonchev–Trinajstić information content (AvgIpc) is 3.13. The highest BCUT2D eigenvalue weighted by Crippen LogP contribution is 2.28. The molecule has 9 heteroatoms. The number of sulfonamides is 1. The first kappa shape index (κ1) is 23.0. The first-order chi connectivity index (χ1) is 15.9. The first-order valence-electron chi connectivity index (χ1n) is 10.3. The van der Waals surface area contributed by atoms with Crippen molar-refractivity contribution in [2.24, 2.45) is 0 Å². The van der Waals surface area contributed by atoms with Gasteiger partial charge in [0.1, 0.15) is 0 Å². The van der Waals surface area contributed by atoms with Crippen LogP contribution in [0.3, 0.4) is 0 Å². The molecule has 0 fully saturated rings. The van der Waals surface area contributed by atoms with Crippen molar-refractivity contribution >= 4 is 31.6 Å². The highest BCUT2D eigenvalue weighted by molar-refractivity contribution is 7.89. The monoisotopic (exact) mass is 484 g/mol. The number of nitrogens with one attached hydrogen (secondary N) is 1. The zero-order valence-corrected chi connectivity index (χ0v) is 19.9. The topological polar surface area (TPSA) is 86.6 Å². The largest absolute Gasteiger partial charge is 0.493 e. The van der Waals surface area contributed by atoms with Gasteiger partial charge in [0.25, 0.3) is 0 Å². The summed E-state index contributed by atoms with van der Waals surface area (Å²) in [5, 5.41) is 0. The Bertz CT molecular complexity index is 1430. The van der Waals surface area contributed by atoms with Gasteiger partial charge in [0.2, 0.25) is 10.0 Å². The van der Waals surface area contributed by atoms with Gasteiger partial charge >= 0.3 is 4.87 Å². The number of rotatable bonds is 9. The van der Waals surface area contributed by atoms with Crippen molar-refractivity contribution in [3.05, 3.63) is 87.5 Å². The molecule has 0 saturated heterocycles. The molecule has 1 aromatic heterocycles. The van der Waals surface area contributed by atoms with Gasteiger partial charge in [0.05, 0.1) is 35.9 Å². The number of aromatic nitrogens is 1. The summed E-state index contributed by atoms with van der Waals surface area (Å²) in [6, 6.07) is 20.0. The minimum absolute atomic E-state index is 0.121. The number of methoxy groups -OCH3 is 2. The fourth-order valence-electron chi connectivity index (χ4n) is 3.58. The number of hydrogen-bond acceptors (Lipinski definition) is 6. The Kier molecular flexibility index (Phi) is 6.83. The lowest BCUT2D eigenvalue weighted by molar-refractivity contribution is 0.354. The average molecular weight is 485 g/mol. The van der Waals surface area contributed by atoms with E-state index in [-0.39, 0.29) is 16.3 Å². The zero-order chi connectivity index (χ0) is 23.4. The van der Waals surface area contributed by atoms with Crippen molar-refractivity contribution in [1.82, 2.24) is 9.29 Å². The molecule has 0 aliphatic heterocycles. The van der Waals surface area contributed by atoms with Crippen molar-refractivity contribution in [2.75, 3.05) is 20.8 Å². The number of ether oxygens (including phenoxy) is 2. The van der Waals surface area contributed by atoms with E-state index in [2.05, 4.69) is 4.72 Å². The second-order valence-electron chi connectivity index (χ2n) is 7.41. The Morgan fingerprint density at radius 3 is 2.39 bits per heavy atom. The Morgan fingerprint density at radius 1 is 0.909 bits per heavy atom. The van der Waals surface area contributed by atoms with Gasteiger partial charge in [-0.2, -0.15) is 0 Å². The number of fused-ring (bicyclic) bond motifs is 1. The summed E-state index contributed by atoms with van der Waals surface area (Å²) in [5.74, 6) is 1.21. The molecule has 0 unspecified atom stereocenters. The van der Waals surface area contributed by atoms with Crippen molar-refractivity contribution in [1.29, 1.82) is 0 Å². The molecule has 4 rings (SSSR count). The molecule has 0 atom stereocenters. The van der Waals surface area contributed by atoms with Crippen LogP contribution in [0, 0.1) is 0 Å². The molecule has 0 radical (unpaired) electrons. The number of hydrogen-bond donors (Lipinski definition) is 1. The van der Waals surface area contributed by atoms with Crippen molar-refractivity contribution in [3.8, 4) is 11.5 Å². The Labute approximate surface area is 196 Å². The molecule has 4 aromatic rings. The second kappa shape index (κ2) is 9.78. The van der Waals surface area contributed by atoms with Crippen molar-refractivity contribution < 1.29 is 17.9 Å². The van der Waals surface area contributed by atoms with Crippen LogP contribution in [0.25, 0.3) is 10.2 Å². The fourth-order valence-corrected chi connectivity index (χ4v) is 5.64. The van der Waals surface area contributed by atoms with Gasteiger partial charge in [0, 0.05) is 6.54 Å². The molecule has 1 heterocycles. The quantitative estimate of drug-likeness (QED) is 0.392. The third kappa shape index (κ3) is 5.11. The Hall–Kier alpha value is -3.14. The van der Waals surface area contributed by atoms with Gasteiger partial charge in [-0.05, 0) is 47.9 Å². The van der Waals surface area contributed by atoms with Crippen LogP contribution in [0.5, 0.6) is 11.5 Å². The van der Waals surface area contributed by atoms with Gasteiger partial charge in [-0.1, -0.05) is 47.7 Å². The number of thiazole rings is 1. The standard InChI is InChI=1S/C24H24N2O5S2/c1-30-21-11-8-17(14-22(21)31-2)12-13-25-33(28,29)19-9-10-20-23(15-19)32-24(27)26(20)16-18-6-4-3-5-7-18/h3-11,14-15,25H,12-13,16H2,1-2H3. The second-order valence-corrected chi connectivity index (χ2v) is 10.2. The van der Waals surface area contributed by atoms with Crippen LogP contribution in [0.1, 0.15) is 11.1 Å². The first-order valence-corrected chi connectivity index (χ1v) is 12.6. The van der Waals surface area contributed by atoms with E-state index in [0.29, 0.717) is 29.2 Å². The van der Waals surface area contributed by atoms with Crippen molar-refractivity contribution in [3.63, 3.8) is 0 Å². The highest BCUT2D eigenvalue weighted by atomic mass is 32.2. The van der Waals surface area contributed by atoms with Crippen LogP contribution in [0.4, 0.5) is 0 Å². The van der Waals surface area contributed by atoms with Gasteiger partial charge in [0.15, 0.2) is 11.5 Å². The third-order valence-electron chi connectivity index (χ3n) is 5.29. The molecule has 0 saturated carbocycles. The van der Waals surface area contributed by atoms with Crippen LogP contribution in [0.15, 0.2) is 76.4 Å². The number of benzene rings is 3. The van der Waals surface area contributed by atoms with E-state index >= 15 is 0 Å². The van der Waals surface area contributed by atoms with E-state index in [4.69, 9.17) is 9.47 Å². The van der Waals surface area contributed by atoms with E-state index in [1.807, 2.05) is 42.5 Å². The van der Waals surface area contributed by atoms with E-state index in [0.717, 1.165) is 28.0 Å². The Morgan fingerprint density at radius 2 is 1.67 bits per heavy atom. The SMILES string of the molecule is COc1ccc(CCNS(=O)(=O)c2ccc3c(c2)sc(=O)n3Cc2ccccc2)cc1OC. The lowest BCUT2D eigenvalue weighted by Gasteiger charge is -2.10. The molecule has 3 aromatic carbocycles. The van der Waals surface area contributed by atoms with E-state index in [9.17, 15) is 13.2 Å². The van der Waals surface area contributed by atoms with Crippen LogP contribution in [-0.4, -0.2) is 33.7 Å². The maximum absolute atomic E-state index is 12.8. The van der Waals surface area contributed by atoms with Crippen LogP contribution in [-0.2, 0) is 23.0 Å². The molecule has 7 nitrogen and oxygen atoms in total. The third-order valence-corrected chi connectivity index (χ3v) is 7.69. The molecule has 0 spiro atoms. The molecule has 0 aliphatic rings. The van der Waals surface area contributed by atoms with Crippen LogP contribution in [0.2, 0.25) is 0 Å². The molecular weight excluding hydrogens is 460 g/mol. The number of nitrogens with zero attached hydrogens (tertiary/aromatic N) is 1. The smallest absolute Gasteiger partial charge is 0.308 e. The Balaban J connectivity index is 1.49. The van der Waals surface area contributed by atoms with Gasteiger partial charge in [-0.3, -0.25) is 9.36 Å². The van der Waals surface area contributed by atoms with Gasteiger partial charge in [-0.15, -0.1) is 0 Å². The minimum Gasteiger partial charge on any atom is -0.493 e. The summed E-state index contributed by atoms with van der Waals surface area (Å²) < 4.78 is 41.1. The maximum Gasteiger partial charge on any atom is 0.308 e. The summed E-state index contributed by atoms with van der Waals surface area (Å²) in [6.45, 7) is 0.663. The molecule has 33 heavy (non-hydrogen) atoms. The van der Waals surface area contributed by atoms with E-state index in [1.165, 1.54) is 6.07 Å². The minimum atomic E-state index is -3.72. The lowest BCUT2D eigenvalue weighted by Crippen LogP contribution is -2.26. The summed E-state index contributed by atoms with van der Waals surface area (Å²) in [4.78, 5) is 12.5. The molecule has 0 amide bonds. The molecule has 172 valence electrons. The predicted octanol–water partition coefficient (Wildman–Crippen LogP) is 3.65. The summed E-state index contributed by atoms with van der Waals surface area (Å²) in [6.07, 6.45) is 0.489.